The highest BCUT2D eigenvalue weighted by Gasteiger charge is 2.20. The van der Waals surface area contributed by atoms with Gasteiger partial charge in [0.05, 0.1) is 0 Å². The Kier molecular flexibility index (Phi) is 5.30. The molecule has 0 spiro atoms. The quantitative estimate of drug-likeness (QED) is 0.736. The van der Waals surface area contributed by atoms with Crippen molar-refractivity contribution in [1.82, 2.24) is 5.32 Å². The molecule has 6 heteroatoms. The minimum absolute atomic E-state index is 0.0652. The molecule has 0 aliphatic carbocycles. The van der Waals surface area contributed by atoms with E-state index in [0.29, 0.717) is 11.4 Å². The molecular formula is C15H12BrClF3N. The predicted molar refractivity (Wildman–Crippen MR) is 81.0 cm³/mol. The first-order valence-corrected chi connectivity index (χ1v) is 7.35. The summed E-state index contributed by atoms with van der Waals surface area (Å²) >= 11 is 9.43. The van der Waals surface area contributed by atoms with E-state index >= 15 is 0 Å². The fraction of sp³-hybridized carbons (Fsp3) is 0.200. The van der Waals surface area contributed by atoms with E-state index in [1.165, 1.54) is 6.07 Å². The normalized spacial score (nSPS) is 12.5. The van der Waals surface area contributed by atoms with E-state index in [-0.39, 0.29) is 5.56 Å². The van der Waals surface area contributed by atoms with Gasteiger partial charge in [-0.3, -0.25) is 0 Å². The second kappa shape index (κ2) is 6.81. The Bertz CT molecular complexity index is 664. The van der Waals surface area contributed by atoms with E-state index < -0.39 is 23.5 Å². The highest BCUT2D eigenvalue weighted by Crippen LogP contribution is 2.28. The Hall–Kier alpha value is -1.04. The fourth-order valence-electron chi connectivity index (χ4n) is 2.08. The van der Waals surface area contributed by atoms with Crippen molar-refractivity contribution in [2.45, 2.75) is 12.5 Å². The van der Waals surface area contributed by atoms with Gasteiger partial charge in [-0.15, -0.1) is 0 Å². The first kappa shape index (κ1) is 16.3. The van der Waals surface area contributed by atoms with Crippen LogP contribution in [0.15, 0.2) is 34.8 Å². The lowest BCUT2D eigenvalue weighted by Crippen LogP contribution is -2.21. The van der Waals surface area contributed by atoms with E-state index in [0.717, 1.165) is 16.1 Å². The van der Waals surface area contributed by atoms with Crippen LogP contribution >= 0.6 is 27.5 Å². The highest BCUT2D eigenvalue weighted by atomic mass is 79.9. The van der Waals surface area contributed by atoms with Crippen LogP contribution in [0.4, 0.5) is 13.2 Å². The third-order valence-corrected chi connectivity index (χ3v) is 4.07. The van der Waals surface area contributed by atoms with Crippen LogP contribution in [0.3, 0.4) is 0 Å². The van der Waals surface area contributed by atoms with Crippen molar-refractivity contribution in [3.63, 3.8) is 0 Å². The number of likely N-dealkylation sites (N-methyl/N-ethyl adjacent to an activating group) is 1. The van der Waals surface area contributed by atoms with E-state index in [9.17, 15) is 13.2 Å². The first-order chi connectivity index (χ1) is 9.93. The van der Waals surface area contributed by atoms with Gasteiger partial charge in [-0.1, -0.05) is 39.7 Å². The van der Waals surface area contributed by atoms with Gasteiger partial charge in [0.25, 0.3) is 0 Å². The van der Waals surface area contributed by atoms with Crippen molar-refractivity contribution >= 4 is 27.5 Å². The SMILES string of the molecule is CNC(Cc1ccc(Br)cc1Cl)c1ccc(F)c(F)c1F. The largest absolute Gasteiger partial charge is 0.313 e. The standard InChI is InChI=1S/C15H12BrClF3N/c1-21-13(6-8-2-3-9(16)7-11(8)17)10-4-5-12(18)15(20)14(10)19/h2-5,7,13,21H,6H2,1H3. The lowest BCUT2D eigenvalue weighted by molar-refractivity contribution is 0.428. The van der Waals surface area contributed by atoms with E-state index in [4.69, 9.17) is 11.6 Å². The van der Waals surface area contributed by atoms with Gasteiger partial charge in [0, 0.05) is 21.1 Å². The zero-order valence-electron chi connectivity index (χ0n) is 11.1. The Balaban J connectivity index is 2.34. The molecule has 1 unspecified atom stereocenters. The Morgan fingerprint density at radius 2 is 1.86 bits per heavy atom. The van der Waals surface area contributed by atoms with E-state index in [2.05, 4.69) is 21.2 Å². The molecule has 1 nitrogen and oxygen atoms in total. The van der Waals surface area contributed by atoms with Gasteiger partial charge < -0.3 is 5.32 Å². The summed E-state index contributed by atoms with van der Waals surface area (Å²) in [7, 11) is 1.62. The number of rotatable bonds is 4. The molecule has 0 heterocycles. The van der Waals surface area contributed by atoms with Crippen molar-refractivity contribution in [2.75, 3.05) is 7.05 Å². The van der Waals surface area contributed by atoms with Crippen LogP contribution in [0, 0.1) is 17.5 Å². The molecule has 0 fully saturated rings. The Morgan fingerprint density at radius 3 is 2.48 bits per heavy atom. The first-order valence-electron chi connectivity index (χ1n) is 6.18. The lowest BCUT2D eigenvalue weighted by Gasteiger charge is -2.18. The van der Waals surface area contributed by atoms with Gasteiger partial charge in [0.15, 0.2) is 17.5 Å². The summed E-state index contributed by atoms with van der Waals surface area (Å²) in [6, 6.07) is 6.98. The third kappa shape index (κ3) is 3.59. The smallest absolute Gasteiger partial charge is 0.194 e. The molecule has 2 aromatic rings. The molecule has 0 radical (unpaired) electrons. The van der Waals surface area contributed by atoms with Crippen LogP contribution in [0.2, 0.25) is 5.02 Å². The van der Waals surface area contributed by atoms with Crippen molar-refractivity contribution in [3.05, 3.63) is 68.4 Å². The summed E-state index contributed by atoms with van der Waals surface area (Å²) in [6.07, 6.45) is 0.352. The molecule has 0 aliphatic rings. The lowest BCUT2D eigenvalue weighted by atomic mass is 9.98. The van der Waals surface area contributed by atoms with Gasteiger partial charge in [0.1, 0.15) is 0 Å². The zero-order valence-corrected chi connectivity index (χ0v) is 13.4. The summed E-state index contributed by atoms with van der Waals surface area (Å²) in [5.74, 6) is -3.84. The fourth-order valence-corrected chi connectivity index (χ4v) is 2.84. The second-order valence-electron chi connectivity index (χ2n) is 4.55. The molecule has 0 bridgehead atoms. The van der Waals surface area contributed by atoms with Crippen LogP contribution in [-0.4, -0.2) is 7.05 Å². The number of hydrogen-bond donors (Lipinski definition) is 1. The number of benzene rings is 2. The van der Waals surface area contributed by atoms with Crippen molar-refractivity contribution in [1.29, 1.82) is 0 Å². The van der Waals surface area contributed by atoms with Gasteiger partial charge in [0.2, 0.25) is 0 Å². The molecular weight excluding hydrogens is 367 g/mol. The van der Waals surface area contributed by atoms with Crippen LogP contribution in [0.25, 0.3) is 0 Å². The molecule has 0 saturated carbocycles. The van der Waals surface area contributed by atoms with Crippen molar-refractivity contribution in [3.8, 4) is 0 Å². The zero-order chi connectivity index (χ0) is 15.6. The van der Waals surface area contributed by atoms with Gasteiger partial charge >= 0.3 is 0 Å². The number of hydrogen-bond acceptors (Lipinski definition) is 1. The summed E-state index contributed by atoms with van der Waals surface area (Å²) < 4.78 is 41.1. The molecule has 0 saturated heterocycles. The van der Waals surface area contributed by atoms with E-state index in [1.807, 2.05) is 6.07 Å². The third-order valence-electron chi connectivity index (χ3n) is 3.23. The summed E-state index contributed by atoms with van der Waals surface area (Å²) in [4.78, 5) is 0. The number of nitrogens with one attached hydrogen (secondary N) is 1. The molecule has 21 heavy (non-hydrogen) atoms. The molecule has 2 rings (SSSR count). The minimum Gasteiger partial charge on any atom is -0.313 e. The van der Waals surface area contributed by atoms with Crippen LogP contribution in [-0.2, 0) is 6.42 Å². The van der Waals surface area contributed by atoms with Crippen LogP contribution in [0.5, 0.6) is 0 Å². The molecule has 0 aliphatic heterocycles. The molecule has 112 valence electrons. The predicted octanol–water partition coefficient (Wildman–Crippen LogP) is 5.02. The molecule has 2 aromatic carbocycles. The maximum atomic E-state index is 13.9. The summed E-state index contributed by atoms with van der Waals surface area (Å²) in [5.41, 5.74) is 0.846. The van der Waals surface area contributed by atoms with E-state index in [1.54, 1.807) is 19.2 Å². The number of halogens is 5. The maximum absolute atomic E-state index is 13.9. The van der Waals surface area contributed by atoms with Gasteiger partial charge in [-0.2, -0.15) is 0 Å². The monoisotopic (exact) mass is 377 g/mol. The summed E-state index contributed by atoms with van der Waals surface area (Å²) in [6.45, 7) is 0. The molecule has 0 amide bonds. The van der Waals surface area contributed by atoms with Gasteiger partial charge in [-0.05, 0) is 37.2 Å². The Morgan fingerprint density at radius 1 is 1.14 bits per heavy atom. The highest BCUT2D eigenvalue weighted by molar-refractivity contribution is 9.10. The topological polar surface area (TPSA) is 12.0 Å². The average molecular weight is 379 g/mol. The van der Waals surface area contributed by atoms with Crippen LogP contribution < -0.4 is 5.32 Å². The van der Waals surface area contributed by atoms with Crippen molar-refractivity contribution < 1.29 is 13.2 Å². The van der Waals surface area contributed by atoms with Gasteiger partial charge in [-0.25, -0.2) is 13.2 Å². The molecule has 1 N–H and O–H groups in total. The van der Waals surface area contributed by atoms with Crippen LogP contribution in [0.1, 0.15) is 17.2 Å². The van der Waals surface area contributed by atoms with Crippen molar-refractivity contribution in [2.24, 2.45) is 0 Å². The maximum Gasteiger partial charge on any atom is 0.194 e. The second-order valence-corrected chi connectivity index (χ2v) is 5.87. The average Bonchev–Trinajstić information content (AvgIpc) is 2.45. The molecule has 0 aromatic heterocycles. The Labute approximate surface area is 134 Å². The summed E-state index contributed by atoms with van der Waals surface area (Å²) in [5, 5.41) is 3.42. The molecule has 1 atom stereocenters. The minimum atomic E-state index is -1.46.